The van der Waals surface area contributed by atoms with Crippen molar-refractivity contribution in [1.82, 2.24) is 0 Å². The van der Waals surface area contributed by atoms with Crippen molar-refractivity contribution in [1.29, 1.82) is 0 Å². The average Bonchev–Trinajstić information content (AvgIpc) is 1.89. The van der Waals surface area contributed by atoms with Gasteiger partial charge in [0.05, 0.1) is 13.2 Å². The highest BCUT2D eigenvalue weighted by molar-refractivity contribution is 8.25. The maximum atomic E-state index is 5.48. The van der Waals surface area contributed by atoms with E-state index in [9.17, 15) is 0 Å². The van der Waals surface area contributed by atoms with Crippen LogP contribution in [0, 0.1) is 0 Å². The van der Waals surface area contributed by atoms with E-state index in [4.69, 9.17) is 8.37 Å². The molecule has 0 aliphatic rings. The summed E-state index contributed by atoms with van der Waals surface area (Å²) in [5.41, 5.74) is 0. The third-order valence-electron chi connectivity index (χ3n) is 1.26. The first-order chi connectivity index (χ1) is 4.68. The van der Waals surface area contributed by atoms with Crippen LogP contribution >= 0.6 is 10.6 Å². The molecule has 0 N–H and O–H groups in total. The highest BCUT2D eigenvalue weighted by Gasteiger charge is 2.09. The van der Waals surface area contributed by atoms with Crippen molar-refractivity contribution in [3.63, 3.8) is 0 Å². The maximum absolute atomic E-state index is 5.48. The van der Waals surface area contributed by atoms with Crippen LogP contribution in [0.2, 0.25) is 0 Å². The summed E-state index contributed by atoms with van der Waals surface area (Å²) in [5, 5.41) is 0. The number of hydrogen-bond donors (Lipinski definition) is 0. The van der Waals surface area contributed by atoms with Crippen LogP contribution in [0.5, 0.6) is 0 Å². The zero-order valence-electron chi connectivity index (χ0n) is 7.35. The van der Waals surface area contributed by atoms with Gasteiger partial charge in [0.1, 0.15) is 0 Å². The molecular formula is C7H18O2S. The molecule has 0 amide bonds. The molecule has 0 spiro atoms. The SMILES string of the molecule is CCOS(C)(CC)OCC. The first kappa shape index (κ1) is 10.3. The first-order valence-electron chi connectivity index (χ1n) is 3.73. The molecule has 0 atom stereocenters. The Bertz CT molecular complexity index is 79.7. The molecule has 0 bridgehead atoms. The monoisotopic (exact) mass is 166 g/mol. The summed E-state index contributed by atoms with van der Waals surface area (Å²) in [5.74, 6) is 0.981. The van der Waals surface area contributed by atoms with E-state index in [-0.39, 0.29) is 0 Å². The maximum Gasteiger partial charge on any atom is 0.0685 e. The van der Waals surface area contributed by atoms with Crippen molar-refractivity contribution in [3.8, 4) is 0 Å². The van der Waals surface area contributed by atoms with E-state index in [2.05, 4.69) is 13.2 Å². The fraction of sp³-hybridized carbons (Fsp3) is 1.00. The highest BCUT2D eigenvalue weighted by atomic mass is 32.3. The largest absolute Gasteiger partial charge is 0.285 e. The molecule has 0 saturated carbocycles. The van der Waals surface area contributed by atoms with Gasteiger partial charge in [0.25, 0.3) is 0 Å². The Hall–Kier alpha value is 0.270. The Morgan fingerprint density at radius 2 is 1.40 bits per heavy atom. The van der Waals surface area contributed by atoms with Crippen molar-refractivity contribution in [2.45, 2.75) is 20.8 Å². The van der Waals surface area contributed by atoms with Crippen LogP contribution in [0.15, 0.2) is 0 Å². The molecule has 0 saturated heterocycles. The molecule has 0 aromatic heterocycles. The van der Waals surface area contributed by atoms with E-state index in [1.165, 1.54) is 0 Å². The standard InChI is InChI=1S/C7H18O2S/c1-5-8-10(4,7-3)9-6-2/h5-7H2,1-4H3. The fourth-order valence-corrected chi connectivity index (χ4v) is 2.10. The number of rotatable bonds is 5. The minimum atomic E-state index is -1.18. The normalized spacial score (nSPS) is 13.6. The molecule has 10 heavy (non-hydrogen) atoms. The van der Waals surface area contributed by atoms with Gasteiger partial charge in [-0.25, -0.2) is 0 Å². The van der Waals surface area contributed by atoms with E-state index >= 15 is 0 Å². The zero-order chi connectivity index (χ0) is 8.04. The van der Waals surface area contributed by atoms with Crippen molar-refractivity contribution >= 4 is 10.6 Å². The van der Waals surface area contributed by atoms with Gasteiger partial charge < -0.3 is 0 Å². The topological polar surface area (TPSA) is 18.5 Å². The Morgan fingerprint density at radius 1 is 1.00 bits per heavy atom. The highest BCUT2D eigenvalue weighted by Crippen LogP contribution is 2.45. The van der Waals surface area contributed by atoms with Gasteiger partial charge in [-0.05, 0) is 20.8 Å². The van der Waals surface area contributed by atoms with Crippen LogP contribution in [0.4, 0.5) is 0 Å². The summed E-state index contributed by atoms with van der Waals surface area (Å²) in [7, 11) is -1.18. The second-order valence-electron chi connectivity index (χ2n) is 2.03. The summed E-state index contributed by atoms with van der Waals surface area (Å²) < 4.78 is 11.0. The van der Waals surface area contributed by atoms with E-state index < -0.39 is 10.6 Å². The minimum absolute atomic E-state index is 0.750. The van der Waals surface area contributed by atoms with E-state index in [0.717, 1.165) is 19.0 Å². The van der Waals surface area contributed by atoms with Gasteiger partial charge >= 0.3 is 0 Å². The van der Waals surface area contributed by atoms with Crippen LogP contribution in [-0.4, -0.2) is 25.2 Å². The third kappa shape index (κ3) is 3.44. The van der Waals surface area contributed by atoms with Crippen LogP contribution in [-0.2, 0) is 8.37 Å². The quantitative estimate of drug-likeness (QED) is 0.624. The summed E-state index contributed by atoms with van der Waals surface area (Å²) in [6.07, 6.45) is 2.06. The predicted molar refractivity (Wildman–Crippen MR) is 47.3 cm³/mol. The van der Waals surface area contributed by atoms with E-state index in [1.807, 2.05) is 13.8 Å². The molecule has 0 rings (SSSR count). The molecule has 0 aliphatic heterocycles. The zero-order valence-corrected chi connectivity index (χ0v) is 8.16. The van der Waals surface area contributed by atoms with Gasteiger partial charge in [0.15, 0.2) is 0 Å². The van der Waals surface area contributed by atoms with Gasteiger partial charge in [0.2, 0.25) is 0 Å². The average molecular weight is 166 g/mol. The third-order valence-corrected chi connectivity index (χ3v) is 3.78. The lowest BCUT2D eigenvalue weighted by atomic mass is 10.9. The molecular weight excluding hydrogens is 148 g/mol. The minimum Gasteiger partial charge on any atom is -0.285 e. The van der Waals surface area contributed by atoms with Gasteiger partial charge in [0, 0.05) is 12.0 Å². The Balaban J connectivity index is 3.69. The van der Waals surface area contributed by atoms with Gasteiger partial charge in [-0.2, -0.15) is 10.6 Å². The molecule has 64 valence electrons. The number of hydrogen-bond acceptors (Lipinski definition) is 2. The molecule has 0 aromatic carbocycles. The summed E-state index contributed by atoms with van der Waals surface area (Å²) >= 11 is 0. The molecule has 0 aromatic rings. The Kier molecular flexibility index (Phi) is 5.13. The second kappa shape index (κ2) is 4.99. The van der Waals surface area contributed by atoms with Crippen molar-refractivity contribution in [3.05, 3.63) is 0 Å². The molecule has 0 fully saturated rings. The lowest BCUT2D eigenvalue weighted by Gasteiger charge is -2.37. The van der Waals surface area contributed by atoms with Crippen LogP contribution in [0.3, 0.4) is 0 Å². The first-order valence-corrected chi connectivity index (χ1v) is 5.79. The van der Waals surface area contributed by atoms with E-state index in [0.29, 0.717) is 0 Å². The van der Waals surface area contributed by atoms with Crippen molar-refractivity contribution < 1.29 is 8.37 Å². The second-order valence-corrected chi connectivity index (χ2v) is 4.93. The molecule has 0 aliphatic carbocycles. The molecule has 0 radical (unpaired) electrons. The molecule has 2 nitrogen and oxygen atoms in total. The predicted octanol–water partition coefficient (Wildman–Crippen LogP) is 2.34. The lowest BCUT2D eigenvalue weighted by molar-refractivity contribution is 0.280. The van der Waals surface area contributed by atoms with E-state index in [1.54, 1.807) is 0 Å². The van der Waals surface area contributed by atoms with Crippen molar-refractivity contribution in [2.24, 2.45) is 0 Å². The summed E-state index contributed by atoms with van der Waals surface area (Å²) in [6.45, 7) is 7.60. The molecule has 0 unspecified atom stereocenters. The smallest absolute Gasteiger partial charge is 0.0685 e. The fourth-order valence-electron chi connectivity index (χ4n) is 0.699. The van der Waals surface area contributed by atoms with Crippen LogP contribution < -0.4 is 0 Å². The lowest BCUT2D eigenvalue weighted by Crippen LogP contribution is -2.09. The van der Waals surface area contributed by atoms with Gasteiger partial charge in [-0.15, -0.1) is 0 Å². The van der Waals surface area contributed by atoms with Crippen molar-refractivity contribution in [2.75, 3.05) is 25.2 Å². The molecule has 0 heterocycles. The Morgan fingerprint density at radius 3 is 1.60 bits per heavy atom. The Labute approximate surface area is 65.6 Å². The summed E-state index contributed by atoms with van der Waals surface area (Å²) in [6, 6.07) is 0. The summed E-state index contributed by atoms with van der Waals surface area (Å²) in [4.78, 5) is 0. The van der Waals surface area contributed by atoms with Crippen LogP contribution in [0.25, 0.3) is 0 Å². The molecule has 3 heteroatoms. The van der Waals surface area contributed by atoms with Crippen LogP contribution in [0.1, 0.15) is 20.8 Å². The van der Waals surface area contributed by atoms with Gasteiger partial charge in [-0.3, -0.25) is 8.37 Å². The van der Waals surface area contributed by atoms with Gasteiger partial charge in [-0.1, -0.05) is 0 Å².